The maximum atomic E-state index is 6.03. The summed E-state index contributed by atoms with van der Waals surface area (Å²) in [5.41, 5.74) is 9.83. The van der Waals surface area contributed by atoms with E-state index in [0.717, 1.165) is 28.0 Å². The highest BCUT2D eigenvalue weighted by Gasteiger charge is 2.11. The smallest absolute Gasteiger partial charge is 0.0857 e. The standard InChI is InChI=1S/C15H19N5/c1-10(2)19-8-7-12(18-19)9-20-14-6-4-5-13(16)15(14)11(3)17-20/h4-8,10H,9,16H2,1-3H3. The van der Waals surface area contributed by atoms with Crippen molar-refractivity contribution in [1.82, 2.24) is 19.6 Å². The molecular formula is C15H19N5. The number of anilines is 1. The van der Waals surface area contributed by atoms with E-state index < -0.39 is 0 Å². The van der Waals surface area contributed by atoms with Gasteiger partial charge in [0.2, 0.25) is 0 Å². The number of nitrogens with zero attached hydrogens (tertiary/aromatic N) is 4. The number of rotatable bonds is 3. The first-order chi connectivity index (χ1) is 9.56. The van der Waals surface area contributed by atoms with Gasteiger partial charge in [0.15, 0.2) is 0 Å². The summed E-state index contributed by atoms with van der Waals surface area (Å²) in [6.07, 6.45) is 2.01. The van der Waals surface area contributed by atoms with Crippen molar-refractivity contribution < 1.29 is 0 Å². The summed E-state index contributed by atoms with van der Waals surface area (Å²) in [5, 5.41) is 10.2. The number of hydrogen-bond donors (Lipinski definition) is 1. The topological polar surface area (TPSA) is 61.7 Å². The van der Waals surface area contributed by atoms with Crippen molar-refractivity contribution in [2.24, 2.45) is 0 Å². The van der Waals surface area contributed by atoms with Crippen molar-refractivity contribution in [2.75, 3.05) is 5.73 Å². The Bertz CT molecular complexity index is 751. The molecular weight excluding hydrogens is 250 g/mol. The third kappa shape index (κ3) is 2.05. The Morgan fingerprint density at radius 1 is 1.20 bits per heavy atom. The first-order valence-corrected chi connectivity index (χ1v) is 6.82. The van der Waals surface area contributed by atoms with E-state index in [1.54, 1.807) is 0 Å². The molecule has 0 saturated carbocycles. The molecule has 3 aromatic rings. The van der Waals surface area contributed by atoms with Gasteiger partial charge in [0.1, 0.15) is 0 Å². The Hall–Kier alpha value is -2.30. The van der Waals surface area contributed by atoms with Gasteiger partial charge in [-0.1, -0.05) is 6.07 Å². The number of hydrogen-bond acceptors (Lipinski definition) is 3. The largest absolute Gasteiger partial charge is 0.398 e. The molecule has 0 unspecified atom stereocenters. The van der Waals surface area contributed by atoms with Gasteiger partial charge in [0.25, 0.3) is 0 Å². The molecule has 5 heteroatoms. The van der Waals surface area contributed by atoms with Crippen LogP contribution >= 0.6 is 0 Å². The van der Waals surface area contributed by atoms with E-state index >= 15 is 0 Å². The zero-order chi connectivity index (χ0) is 14.3. The molecule has 0 aliphatic heterocycles. The molecule has 0 saturated heterocycles. The lowest BCUT2D eigenvalue weighted by Crippen LogP contribution is -2.05. The van der Waals surface area contributed by atoms with Gasteiger partial charge in [0, 0.05) is 23.3 Å². The molecule has 2 N–H and O–H groups in total. The van der Waals surface area contributed by atoms with E-state index in [1.165, 1.54) is 0 Å². The number of nitrogen functional groups attached to an aromatic ring is 1. The maximum absolute atomic E-state index is 6.03. The number of aromatic nitrogens is 4. The third-order valence-electron chi connectivity index (χ3n) is 3.49. The van der Waals surface area contributed by atoms with Crippen LogP contribution in [0.1, 0.15) is 31.3 Å². The molecule has 104 valence electrons. The lowest BCUT2D eigenvalue weighted by Gasteiger charge is -2.04. The van der Waals surface area contributed by atoms with Gasteiger partial charge < -0.3 is 5.73 Å². The Morgan fingerprint density at radius 3 is 2.70 bits per heavy atom. The lowest BCUT2D eigenvalue weighted by molar-refractivity contribution is 0.521. The first-order valence-electron chi connectivity index (χ1n) is 6.82. The van der Waals surface area contributed by atoms with Crippen molar-refractivity contribution >= 4 is 16.6 Å². The van der Waals surface area contributed by atoms with E-state index in [2.05, 4.69) is 24.0 Å². The summed E-state index contributed by atoms with van der Waals surface area (Å²) < 4.78 is 3.93. The van der Waals surface area contributed by atoms with Crippen molar-refractivity contribution in [1.29, 1.82) is 0 Å². The molecule has 0 fully saturated rings. The summed E-state index contributed by atoms with van der Waals surface area (Å²) in [6.45, 7) is 6.88. The highest BCUT2D eigenvalue weighted by Crippen LogP contribution is 2.24. The summed E-state index contributed by atoms with van der Waals surface area (Å²) >= 11 is 0. The number of aryl methyl sites for hydroxylation is 1. The lowest BCUT2D eigenvalue weighted by atomic mass is 10.2. The van der Waals surface area contributed by atoms with Crippen LogP contribution in [0.15, 0.2) is 30.5 Å². The van der Waals surface area contributed by atoms with Crippen molar-refractivity contribution in [3.63, 3.8) is 0 Å². The number of benzene rings is 1. The normalized spacial score (nSPS) is 11.6. The second-order valence-corrected chi connectivity index (χ2v) is 5.37. The van der Waals surface area contributed by atoms with E-state index in [4.69, 9.17) is 5.73 Å². The van der Waals surface area contributed by atoms with E-state index in [0.29, 0.717) is 12.6 Å². The Morgan fingerprint density at radius 2 is 2.00 bits per heavy atom. The van der Waals surface area contributed by atoms with Gasteiger partial charge in [-0.25, -0.2) is 0 Å². The van der Waals surface area contributed by atoms with Crippen molar-refractivity contribution in [3.05, 3.63) is 41.9 Å². The molecule has 0 aliphatic carbocycles. The van der Waals surface area contributed by atoms with Crippen LogP contribution in [0, 0.1) is 6.92 Å². The first kappa shape index (κ1) is 12.7. The second-order valence-electron chi connectivity index (χ2n) is 5.37. The van der Waals surface area contributed by atoms with E-state index in [-0.39, 0.29) is 0 Å². The van der Waals surface area contributed by atoms with E-state index in [9.17, 15) is 0 Å². The maximum Gasteiger partial charge on any atom is 0.0857 e. The Balaban J connectivity index is 2.00. The van der Waals surface area contributed by atoms with Crippen molar-refractivity contribution in [3.8, 4) is 0 Å². The predicted molar refractivity (Wildman–Crippen MR) is 80.6 cm³/mol. The van der Waals surface area contributed by atoms with Crippen LogP contribution in [0.5, 0.6) is 0 Å². The van der Waals surface area contributed by atoms with Crippen LogP contribution in [0.25, 0.3) is 10.9 Å². The molecule has 5 nitrogen and oxygen atoms in total. The van der Waals surface area contributed by atoms with Gasteiger partial charge in [0.05, 0.1) is 23.4 Å². The van der Waals surface area contributed by atoms with Crippen LogP contribution in [0.2, 0.25) is 0 Å². The summed E-state index contributed by atoms with van der Waals surface area (Å²) in [5.74, 6) is 0. The summed E-state index contributed by atoms with van der Waals surface area (Å²) in [7, 11) is 0. The Labute approximate surface area is 118 Å². The van der Waals surface area contributed by atoms with Crippen LogP contribution in [0.4, 0.5) is 5.69 Å². The monoisotopic (exact) mass is 269 g/mol. The SMILES string of the molecule is Cc1nn(Cc2ccn(C(C)C)n2)c2cccc(N)c12. The fourth-order valence-corrected chi connectivity index (χ4v) is 2.48. The fraction of sp³-hybridized carbons (Fsp3) is 0.333. The van der Waals surface area contributed by atoms with Gasteiger partial charge in [-0.15, -0.1) is 0 Å². The van der Waals surface area contributed by atoms with Gasteiger partial charge in [-0.3, -0.25) is 9.36 Å². The molecule has 0 amide bonds. The van der Waals surface area contributed by atoms with Gasteiger partial charge in [-0.2, -0.15) is 10.2 Å². The van der Waals surface area contributed by atoms with Crippen LogP contribution in [0.3, 0.4) is 0 Å². The fourth-order valence-electron chi connectivity index (χ4n) is 2.48. The molecule has 0 bridgehead atoms. The molecule has 0 spiro atoms. The molecule has 0 radical (unpaired) electrons. The molecule has 2 heterocycles. The predicted octanol–water partition coefficient (Wildman–Crippen LogP) is 2.75. The quantitative estimate of drug-likeness (QED) is 0.744. The molecule has 20 heavy (non-hydrogen) atoms. The Kier molecular flexibility index (Phi) is 2.97. The minimum atomic E-state index is 0.371. The highest BCUT2D eigenvalue weighted by atomic mass is 15.3. The minimum Gasteiger partial charge on any atom is -0.398 e. The molecule has 2 aromatic heterocycles. The zero-order valence-corrected chi connectivity index (χ0v) is 12.0. The van der Waals surface area contributed by atoms with Crippen LogP contribution in [-0.2, 0) is 6.54 Å². The van der Waals surface area contributed by atoms with E-state index in [1.807, 2.05) is 46.7 Å². The minimum absolute atomic E-state index is 0.371. The van der Waals surface area contributed by atoms with Crippen LogP contribution in [-0.4, -0.2) is 19.6 Å². The molecule has 0 atom stereocenters. The van der Waals surface area contributed by atoms with Gasteiger partial charge >= 0.3 is 0 Å². The number of nitrogens with two attached hydrogens (primary N) is 1. The average Bonchev–Trinajstić information content (AvgIpc) is 2.97. The van der Waals surface area contributed by atoms with Crippen molar-refractivity contribution in [2.45, 2.75) is 33.4 Å². The van der Waals surface area contributed by atoms with Crippen LogP contribution < -0.4 is 5.73 Å². The summed E-state index contributed by atoms with van der Waals surface area (Å²) in [6, 6.07) is 8.33. The second kappa shape index (κ2) is 4.67. The average molecular weight is 269 g/mol. The third-order valence-corrected chi connectivity index (χ3v) is 3.49. The molecule has 3 rings (SSSR count). The molecule has 1 aromatic carbocycles. The molecule has 0 aliphatic rings. The highest BCUT2D eigenvalue weighted by molar-refractivity contribution is 5.92. The zero-order valence-electron chi connectivity index (χ0n) is 12.0. The summed E-state index contributed by atoms with van der Waals surface area (Å²) in [4.78, 5) is 0. The number of fused-ring (bicyclic) bond motifs is 1. The van der Waals surface area contributed by atoms with Gasteiger partial charge in [-0.05, 0) is 39.0 Å².